The Hall–Kier alpha value is -7.20. The van der Waals surface area contributed by atoms with Gasteiger partial charge < -0.3 is 0 Å². The molecule has 18 heteroatoms. The lowest BCUT2D eigenvalue weighted by molar-refractivity contribution is -0.161. The van der Waals surface area contributed by atoms with E-state index in [1.54, 1.807) is 0 Å². The van der Waals surface area contributed by atoms with Gasteiger partial charge in [-0.25, -0.2) is 30.7 Å². The van der Waals surface area contributed by atoms with Crippen molar-refractivity contribution in [3.63, 3.8) is 0 Å². The van der Waals surface area contributed by atoms with E-state index in [1.807, 2.05) is 0 Å². The Morgan fingerprint density at radius 1 is 0.551 bits per heavy atom. The van der Waals surface area contributed by atoms with Crippen LogP contribution in [0.1, 0.15) is 33.4 Å². The number of nitriles is 7. The van der Waals surface area contributed by atoms with Gasteiger partial charge in [0.25, 0.3) is 0 Å². The summed E-state index contributed by atoms with van der Waals surface area (Å²) in [5, 5.41) is 66.7. The van der Waals surface area contributed by atoms with Crippen molar-refractivity contribution >= 4 is 17.4 Å². The second-order valence-corrected chi connectivity index (χ2v) is 9.52. The van der Waals surface area contributed by atoms with Crippen LogP contribution in [0.5, 0.6) is 0 Å². The fraction of sp³-hybridized carbons (Fsp3) is 0.0968. The molecule has 1 heterocycles. The summed E-state index contributed by atoms with van der Waals surface area (Å²) in [6.45, 7) is -1.25. The Balaban J connectivity index is 2.36. The van der Waals surface area contributed by atoms with Gasteiger partial charge in [-0.15, -0.1) is 0 Å². The van der Waals surface area contributed by atoms with Crippen LogP contribution in [0, 0.1) is 120 Å². The third-order valence-corrected chi connectivity index (χ3v) is 7.12. The van der Waals surface area contributed by atoms with Crippen LogP contribution >= 0.6 is 0 Å². The van der Waals surface area contributed by atoms with Gasteiger partial charge in [0.05, 0.1) is 40.6 Å². The number of benzene rings is 2. The van der Waals surface area contributed by atoms with Gasteiger partial charge in [-0.3, -0.25) is 4.99 Å². The molecule has 0 amide bonds. The maximum atomic E-state index is 15.5. The fourth-order valence-corrected chi connectivity index (χ4v) is 4.97. The van der Waals surface area contributed by atoms with Crippen molar-refractivity contribution in [3.8, 4) is 42.5 Å². The summed E-state index contributed by atoms with van der Waals surface area (Å²) in [4.78, 5) is 3.19. The molecule has 0 N–H and O–H groups in total. The second-order valence-electron chi connectivity index (χ2n) is 9.52. The van der Waals surface area contributed by atoms with Gasteiger partial charge in [0.1, 0.15) is 76.5 Å². The molecule has 0 aromatic heterocycles. The summed E-state index contributed by atoms with van der Waals surface area (Å²) in [5.41, 5.74) is -19.4. The van der Waals surface area contributed by atoms with E-state index in [1.165, 1.54) is 6.07 Å². The SMILES string of the molecule is N#CC(=C1C(=C(\C#N)C2=C(F)C=NCC2C(F)(F)F)/C1=C(\C#N)c1c(F)c(F)c(C#N)c(C#N)c1F)c1c(F)c(F)c(C#N)c(C#N)c1F. The predicted octanol–water partition coefficient (Wildman–Crippen LogP) is 6.58. The van der Waals surface area contributed by atoms with E-state index in [4.69, 9.17) is 10.5 Å². The normalized spacial score (nSPS) is 18.1. The molecule has 1 saturated carbocycles. The second kappa shape index (κ2) is 12.5. The average molecular weight is 678 g/mol. The van der Waals surface area contributed by atoms with Gasteiger partial charge in [-0.05, 0) is 0 Å². The first kappa shape index (κ1) is 34.7. The third kappa shape index (κ3) is 5.19. The minimum Gasteiger partial charge on any atom is -0.289 e. The molecule has 2 aliphatic rings. The van der Waals surface area contributed by atoms with Gasteiger partial charge in [0.2, 0.25) is 0 Å². The molecular weight excluding hydrogens is 674 g/mol. The van der Waals surface area contributed by atoms with Crippen LogP contribution < -0.4 is 0 Å². The van der Waals surface area contributed by atoms with Crippen LogP contribution in [-0.4, -0.2) is 18.9 Å². The highest BCUT2D eigenvalue weighted by Gasteiger charge is 2.50. The van der Waals surface area contributed by atoms with Crippen molar-refractivity contribution in [2.75, 3.05) is 6.54 Å². The molecule has 0 radical (unpaired) electrons. The number of nitrogens with zero attached hydrogens (tertiary/aromatic N) is 8. The Labute approximate surface area is 266 Å². The summed E-state index contributed by atoms with van der Waals surface area (Å²) >= 11 is 0. The highest BCUT2D eigenvalue weighted by atomic mass is 19.4. The highest BCUT2D eigenvalue weighted by Crippen LogP contribution is 2.57. The molecule has 0 spiro atoms. The van der Waals surface area contributed by atoms with Crippen LogP contribution in [0.15, 0.2) is 38.7 Å². The van der Waals surface area contributed by atoms with Crippen LogP contribution in [0.3, 0.4) is 0 Å². The van der Waals surface area contributed by atoms with E-state index in [0.29, 0.717) is 0 Å². The molecule has 1 fully saturated rings. The molecule has 0 saturated heterocycles. The summed E-state index contributed by atoms with van der Waals surface area (Å²) in [6.07, 6.45) is -5.12. The maximum Gasteiger partial charge on any atom is 0.397 e. The van der Waals surface area contributed by atoms with Gasteiger partial charge in [-0.2, -0.15) is 50.0 Å². The van der Waals surface area contributed by atoms with Crippen molar-refractivity contribution < 1.29 is 43.9 Å². The van der Waals surface area contributed by atoms with Crippen molar-refractivity contribution in [3.05, 3.63) is 102 Å². The first-order valence-electron chi connectivity index (χ1n) is 12.6. The summed E-state index contributed by atoms with van der Waals surface area (Å²) in [7, 11) is 0. The van der Waals surface area contributed by atoms with Crippen LogP contribution in [0.4, 0.5) is 43.9 Å². The number of allylic oxidation sites excluding steroid dienone is 7. The zero-order valence-electron chi connectivity index (χ0n) is 23.2. The number of halogens is 10. The Bertz CT molecular complexity index is 2270. The fourth-order valence-electron chi connectivity index (χ4n) is 4.97. The highest BCUT2D eigenvalue weighted by molar-refractivity contribution is 6.08. The summed E-state index contributed by atoms with van der Waals surface area (Å²) in [5.74, 6) is -18.2. The molecule has 2 aromatic rings. The van der Waals surface area contributed by atoms with Crippen molar-refractivity contribution in [1.82, 2.24) is 0 Å². The van der Waals surface area contributed by atoms with E-state index >= 15 is 22.0 Å². The zero-order valence-corrected chi connectivity index (χ0v) is 23.2. The largest absolute Gasteiger partial charge is 0.397 e. The molecule has 238 valence electrons. The molecule has 1 aliphatic carbocycles. The standard InChI is InChI=1S/C31H4F10N8/c32-18-9-49-8-17(31(39,40)41)19(18)14(5-46)20-21(15(6-47)23-25(33)10(1-42)12(3-44)27(35)29(23)37)22(20)16(7-48)24-26(34)11(2-43)13(4-45)28(36)30(24)38/h9,17H,8H2/b20-14-,21-15?,22-16-. The third-order valence-electron chi connectivity index (χ3n) is 7.12. The van der Waals surface area contributed by atoms with E-state index < -0.39 is 132 Å². The molecule has 8 nitrogen and oxygen atoms in total. The maximum absolute atomic E-state index is 15.5. The van der Waals surface area contributed by atoms with Crippen LogP contribution in [-0.2, 0) is 0 Å². The van der Waals surface area contributed by atoms with E-state index in [9.17, 15) is 48.3 Å². The van der Waals surface area contributed by atoms with E-state index in [-0.39, 0.29) is 6.21 Å². The number of dihydropyridines is 1. The molecule has 1 unspecified atom stereocenters. The van der Waals surface area contributed by atoms with Gasteiger partial charge in [0, 0.05) is 22.3 Å². The Morgan fingerprint density at radius 2 is 0.898 bits per heavy atom. The topological polar surface area (TPSA) is 179 Å². The minimum absolute atomic E-state index is 0.240. The quantitative estimate of drug-likeness (QED) is 0.200. The van der Waals surface area contributed by atoms with Gasteiger partial charge >= 0.3 is 6.18 Å². The smallest absolute Gasteiger partial charge is 0.289 e. The predicted molar refractivity (Wildman–Crippen MR) is 140 cm³/mol. The monoisotopic (exact) mass is 678 g/mol. The lowest BCUT2D eigenvalue weighted by Crippen LogP contribution is -2.31. The molecule has 1 aliphatic heterocycles. The number of hydrogen-bond donors (Lipinski definition) is 0. The van der Waals surface area contributed by atoms with E-state index in [2.05, 4.69) is 4.99 Å². The zero-order chi connectivity index (χ0) is 36.7. The lowest BCUT2D eigenvalue weighted by atomic mass is 9.88. The van der Waals surface area contributed by atoms with Gasteiger partial charge in [-0.1, -0.05) is 0 Å². The van der Waals surface area contributed by atoms with E-state index in [0.717, 1.165) is 36.4 Å². The molecule has 4 rings (SSSR count). The molecular formula is C31H4F10N8. The Kier molecular flexibility index (Phi) is 8.87. The minimum atomic E-state index is -5.36. The van der Waals surface area contributed by atoms with Gasteiger partial charge in [0.15, 0.2) is 34.9 Å². The average Bonchev–Trinajstić information content (AvgIpc) is 3.78. The summed E-state index contributed by atoms with van der Waals surface area (Å²) < 4.78 is 148. The van der Waals surface area contributed by atoms with Crippen LogP contribution in [0.2, 0.25) is 0 Å². The lowest BCUT2D eigenvalue weighted by Gasteiger charge is -2.23. The van der Waals surface area contributed by atoms with Crippen molar-refractivity contribution in [2.24, 2.45) is 10.9 Å². The number of rotatable bonds is 3. The molecule has 49 heavy (non-hydrogen) atoms. The number of aliphatic imine (C=N–C) groups is 1. The van der Waals surface area contributed by atoms with Crippen molar-refractivity contribution in [1.29, 1.82) is 36.8 Å². The molecule has 2 aromatic carbocycles. The molecule has 0 bridgehead atoms. The summed E-state index contributed by atoms with van der Waals surface area (Å²) in [6, 6.07) is 7.52. The van der Waals surface area contributed by atoms with Crippen molar-refractivity contribution in [2.45, 2.75) is 6.18 Å². The number of alkyl halides is 3. The van der Waals surface area contributed by atoms with Crippen LogP contribution in [0.25, 0.3) is 11.1 Å². The first-order chi connectivity index (χ1) is 23.1. The molecule has 1 atom stereocenters. The Morgan fingerprint density at radius 3 is 1.22 bits per heavy atom. The first-order valence-corrected chi connectivity index (χ1v) is 12.6. The number of hydrogen-bond acceptors (Lipinski definition) is 8.